The number of hydrogen-bond acceptors (Lipinski definition) is 2. The first kappa shape index (κ1) is 15.6. The van der Waals surface area contributed by atoms with Crippen molar-refractivity contribution in [1.82, 2.24) is 0 Å². The highest BCUT2D eigenvalue weighted by atomic mass is 15.1. The summed E-state index contributed by atoms with van der Waals surface area (Å²) in [6.45, 7) is 4.82. The van der Waals surface area contributed by atoms with Crippen molar-refractivity contribution < 1.29 is 0 Å². The average molecular weight is 320 g/mol. The SMILES string of the molecule is c1cc(-c2cccc(N3CCCCC3)c2)cc(N2CCCCC2)c1. The van der Waals surface area contributed by atoms with Crippen LogP contribution in [0.5, 0.6) is 0 Å². The zero-order chi connectivity index (χ0) is 16.2. The Morgan fingerprint density at radius 3 is 1.33 bits per heavy atom. The van der Waals surface area contributed by atoms with Gasteiger partial charge in [0.1, 0.15) is 0 Å². The van der Waals surface area contributed by atoms with Gasteiger partial charge in [0.05, 0.1) is 0 Å². The van der Waals surface area contributed by atoms with E-state index >= 15 is 0 Å². The lowest BCUT2D eigenvalue weighted by Crippen LogP contribution is -2.29. The Hall–Kier alpha value is -1.96. The van der Waals surface area contributed by atoms with Crippen LogP contribution in [0.4, 0.5) is 11.4 Å². The molecule has 24 heavy (non-hydrogen) atoms. The van der Waals surface area contributed by atoms with E-state index in [0.717, 1.165) is 0 Å². The largest absolute Gasteiger partial charge is 0.372 e. The van der Waals surface area contributed by atoms with Crippen molar-refractivity contribution in [1.29, 1.82) is 0 Å². The predicted molar refractivity (Wildman–Crippen MR) is 104 cm³/mol. The van der Waals surface area contributed by atoms with E-state index in [4.69, 9.17) is 0 Å². The van der Waals surface area contributed by atoms with Crippen LogP contribution in [-0.4, -0.2) is 26.2 Å². The fourth-order valence-corrected chi connectivity index (χ4v) is 4.07. The second-order valence-electron chi connectivity index (χ2n) is 7.20. The monoisotopic (exact) mass is 320 g/mol. The van der Waals surface area contributed by atoms with E-state index < -0.39 is 0 Å². The molecule has 2 aromatic carbocycles. The fourth-order valence-electron chi connectivity index (χ4n) is 4.07. The molecule has 0 aliphatic carbocycles. The molecule has 2 aliphatic heterocycles. The number of hydrogen-bond donors (Lipinski definition) is 0. The van der Waals surface area contributed by atoms with E-state index in [2.05, 4.69) is 58.3 Å². The van der Waals surface area contributed by atoms with Gasteiger partial charge in [-0.05, 0) is 73.9 Å². The minimum atomic E-state index is 1.21. The van der Waals surface area contributed by atoms with Crippen LogP contribution in [-0.2, 0) is 0 Å². The molecule has 2 aromatic rings. The Kier molecular flexibility index (Phi) is 4.73. The van der Waals surface area contributed by atoms with Gasteiger partial charge in [0.25, 0.3) is 0 Å². The molecule has 0 spiro atoms. The fraction of sp³-hybridized carbons (Fsp3) is 0.455. The molecule has 0 bridgehead atoms. The third-order valence-corrected chi connectivity index (χ3v) is 5.47. The summed E-state index contributed by atoms with van der Waals surface area (Å²) in [6.07, 6.45) is 8.08. The summed E-state index contributed by atoms with van der Waals surface area (Å²) in [6, 6.07) is 18.2. The maximum Gasteiger partial charge on any atom is 0.0372 e. The zero-order valence-electron chi connectivity index (χ0n) is 14.6. The predicted octanol–water partition coefficient (Wildman–Crippen LogP) is 5.33. The number of rotatable bonds is 3. The van der Waals surface area contributed by atoms with E-state index in [1.807, 2.05) is 0 Å². The van der Waals surface area contributed by atoms with Gasteiger partial charge in [0, 0.05) is 37.6 Å². The van der Waals surface area contributed by atoms with E-state index in [0.29, 0.717) is 0 Å². The molecule has 0 N–H and O–H groups in total. The van der Waals surface area contributed by atoms with Gasteiger partial charge in [0.2, 0.25) is 0 Å². The summed E-state index contributed by atoms with van der Waals surface area (Å²) < 4.78 is 0. The minimum Gasteiger partial charge on any atom is -0.372 e. The van der Waals surface area contributed by atoms with Gasteiger partial charge in [-0.25, -0.2) is 0 Å². The molecular formula is C22H28N2. The molecule has 0 aromatic heterocycles. The topological polar surface area (TPSA) is 6.48 Å². The van der Waals surface area contributed by atoms with Gasteiger partial charge < -0.3 is 9.80 Å². The smallest absolute Gasteiger partial charge is 0.0372 e. The molecule has 2 fully saturated rings. The molecule has 126 valence electrons. The number of benzene rings is 2. The molecule has 4 rings (SSSR count). The highest BCUT2D eigenvalue weighted by molar-refractivity contribution is 5.72. The van der Waals surface area contributed by atoms with Crippen molar-refractivity contribution >= 4 is 11.4 Å². The first-order chi connectivity index (χ1) is 11.9. The molecule has 0 amide bonds. The van der Waals surface area contributed by atoms with E-state index in [1.165, 1.54) is 87.2 Å². The molecule has 0 atom stereocenters. The first-order valence-corrected chi connectivity index (χ1v) is 9.60. The van der Waals surface area contributed by atoms with Crippen molar-refractivity contribution in [2.75, 3.05) is 36.0 Å². The lowest BCUT2D eigenvalue weighted by Gasteiger charge is -2.30. The lowest BCUT2D eigenvalue weighted by atomic mass is 10.0. The van der Waals surface area contributed by atoms with Gasteiger partial charge in [-0.2, -0.15) is 0 Å². The molecule has 2 heterocycles. The van der Waals surface area contributed by atoms with Gasteiger partial charge >= 0.3 is 0 Å². The summed E-state index contributed by atoms with van der Waals surface area (Å²) in [7, 11) is 0. The van der Waals surface area contributed by atoms with Crippen LogP contribution in [0.15, 0.2) is 48.5 Å². The summed E-state index contributed by atoms with van der Waals surface area (Å²) in [5.74, 6) is 0. The van der Waals surface area contributed by atoms with Gasteiger partial charge in [-0.3, -0.25) is 0 Å². The van der Waals surface area contributed by atoms with Crippen LogP contribution in [0.2, 0.25) is 0 Å². The third kappa shape index (κ3) is 3.43. The highest BCUT2D eigenvalue weighted by Gasteiger charge is 2.13. The maximum atomic E-state index is 2.54. The number of anilines is 2. The van der Waals surface area contributed by atoms with Crippen LogP contribution in [0, 0.1) is 0 Å². The average Bonchev–Trinajstić information content (AvgIpc) is 2.70. The molecule has 2 heteroatoms. The summed E-state index contributed by atoms with van der Waals surface area (Å²) in [4.78, 5) is 5.09. The molecule has 2 nitrogen and oxygen atoms in total. The van der Waals surface area contributed by atoms with Gasteiger partial charge in [0.15, 0.2) is 0 Å². The molecule has 2 saturated heterocycles. The van der Waals surface area contributed by atoms with E-state index in [-0.39, 0.29) is 0 Å². The van der Waals surface area contributed by atoms with Gasteiger partial charge in [-0.15, -0.1) is 0 Å². The molecule has 0 unspecified atom stereocenters. The Labute approximate surface area is 146 Å². The second kappa shape index (κ2) is 7.29. The minimum absolute atomic E-state index is 1.21. The van der Waals surface area contributed by atoms with E-state index in [9.17, 15) is 0 Å². The normalized spacial score (nSPS) is 18.7. The van der Waals surface area contributed by atoms with Crippen molar-refractivity contribution in [3.05, 3.63) is 48.5 Å². The second-order valence-corrected chi connectivity index (χ2v) is 7.20. The highest BCUT2D eigenvalue weighted by Crippen LogP contribution is 2.30. The van der Waals surface area contributed by atoms with Crippen molar-refractivity contribution in [3.8, 4) is 11.1 Å². The third-order valence-electron chi connectivity index (χ3n) is 5.47. The van der Waals surface area contributed by atoms with Crippen molar-refractivity contribution in [2.45, 2.75) is 38.5 Å². The maximum absolute atomic E-state index is 2.54. The standard InChI is InChI=1S/C22H28N2/c1-3-13-23(14-4-1)21-11-7-9-19(17-21)20-10-8-12-22(18-20)24-15-5-2-6-16-24/h7-12,17-18H,1-6,13-16H2. The summed E-state index contributed by atoms with van der Waals surface area (Å²) >= 11 is 0. The van der Waals surface area contributed by atoms with E-state index in [1.54, 1.807) is 0 Å². The van der Waals surface area contributed by atoms with Crippen LogP contribution in [0.3, 0.4) is 0 Å². The van der Waals surface area contributed by atoms with Crippen LogP contribution >= 0.6 is 0 Å². The van der Waals surface area contributed by atoms with Crippen LogP contribution < -0.4 is 9.80 Å². The number of nitrogens with zero attached hydrogens (tertiary/aromatic N) is 2. The van der Waals surface area contributed by atoms with Crippen LogP contribution in [0.1, 0.15) is 38.5 Å². The summed E-state index contributed by atoms with van der Waals surface area (Å²) in [5.41, 5.74) is 5.46. The molecule has 0 saturated carbocycles. The Bertz CT molecular complexity index is 608. The number of piperidine rings is 2. The van der Waals surface area contributed by atoms with Gasteiger partial charge in [-0.1, -0.05) is 24.3 Å². The van der Waals surface area contributed by atoms with Crippen molar-refractivity contribution in [3.63, 3.8) is 0 Å². The lowest BCUT2D eigenvalue weighted by molar-refractivity contribution is 0.578. The quantitative estimate of drug-likeness (QED) is 0.754. The Morgan fingerprint density at radius 1 is 0.500 bits per heavy atom. The first-order valence-electron chi connectivity index (χ1n) is 9.60. The molecule has 0 radical (unpaired) electrons. The van der Waals surface area contributed by atoms with Crippen LogP contribution in [0.25, 0.3) is 11.1 Å². The molecule has 2 aliphatic rings. The zero-order valence-corrected chi connectivity index (χ0v) is 14.6. The Morgan fingerprint density at radius 2 is 0.917 bits per heavy atom. The summed E-state index contributed by atoms with van der Waals surface area (Å²) in [5, 5.41) is 0. The molecular weight excluding hydrogens is 292 g/mol. The van der Waals surface area contributed by atoms with Crippen molar-refractivity contribution in [2.24, 2.45) is 0 Å². The Balaban J connectivity index is 1.59.